The van der Waals surface area contributed by atoms with Crippen LogP contribution in [0, 0.1) is 12.7 Å². The first-order valence-corrected chi connectivity index (χ1v) is 12.2. The molecule has 0 spiro atoms. The average Bonchev–Trinajstić information content (AvgIpc) is 3.31. The second-order valence-electron chi connectivity index (χ2n) is 7.32. The molecule has 0 fully saturated rings. The zero-order valence-electron chi connectivity index (χ0n) is 18.8. The van der Waals surface area contributed by atoms with Crippen LogP contribution in [0.3, 0.4) is 0 Å². The lowest BCUT2D eigenvalue weighted by Gasteiger charge is -2.15. The first kappa shape index (κ1) is 23.8. The number of hydrogen-bond acceptors (Lipinski definition) is 7. The molecule has 10 heteroatoms. The summed E-state index contributed by atoms with van der Waals surface area (Å²) in [4.78, 5) is 30.5. The van der Waals surface area contributed by atoms with Crippen LogP contribution in [0.2, 0.25) is 0 Å². The Morgan fingerprint density at radius 1 is 1.21 bits per heavy atom. The molecule has 1 amide bonds. The maximum absolute atomic E-state index is 13.7. The molecule has 0 atom stereocenters. The summed E-state index contributed by atoms with van der Waals surface area (Å²) in [7, 11) is 3.10. The van der Waals surface area contributed by atoms with Crippen molar-refractivity contribution in [3.05, 3.63) is 75.1 Å². The van der Waals surface area contributed by atoms with Crippen molar-refractivity contribution in [3.8, 4) is 17.2 Å². The lowest BCUT2D eigenvalue weighted by Crippen LogP contribution is -2.26. The van der Waals surface area contributed by atoms with Crippen LogP contribution >= 0.6 is 23.1 Å². The molecule has 2 aromatic heterocycles. The number of carbonyl (C=O) groups is 1. The molecule has 0 saturated heterocycles. The maximum Gasteiger partial charge on any atom is 0.276 e. The largest absolute Gasteiger partial charge is 0.493 e. The second-order valence-corrected chi connectivity index (χ2v) is 9.18. The summed E-state index contributed by atoms with van der Waals surface area (Å²) in [5, 5.41) is 5.02. The van der Waals surface area contributed by atoms with E-state index in [1.54, 1.807) is 44.7 Å². The zero-order valence-corrected chi connectivity index (χ0v) is 20.4. The van der Waals surface area contributed by atoms with E-state index in [9.17, 15) is 14.0 Å². The molecule has 0 unspecified atom stereocenters. The van der Waals surface area contributed by atoms with Gasteiger partial charge in [-0.15, -0.1) is 11.3 Å². The number of thioether (sulfide) groups is 1. The van der Waals surface area contributed by atoms with Gasteiger partial charge in [0.2, 0.25) is 5.91 Å². The SMILES string of the molecule is COc1cccc(CNC(=O)CSc2nc3ccsc3c(=O)n2-c2ccc(F)cc2C)c1OC. The molecule has 0 bridgehead atoms. The second kappa shape index (κ2) is 10.3. The fraction of sp³-hybridized carbons (Fsp3) is 0.208. The van der Waals surface area contributed by atoms with E-state index in [1.807, 2.05) is 12.1 Å². The lowest BCUT2D eigenvalue weighted by atomic mass is 10.2. The van der Waals surface area contributed by atoms with Crippen LogP contribution in [0.5, 0.6) is 11.5 Å². The fourth-order valence-electron chi connectivity index (χ4n) is 3.54. The monoisotopic (exact) mass is 499 g/mol. The van der Waals surface area contributed by atoms with E-state index in [1.165, 1.54) is 28.0 Å². The van der Waals surface area contributed by atoms with Crippen LogP contribution < -0.4 is 20.3 Å². The molecule has 7 nitrogen and oxygen atoms in total. The summed E-state index contributed by atoms with van der Waals surface area (Å²) in [5.41, 5.74) is 2.21. The van der Waals surface area contributed by atoms with E-state index in [0.29, 0.717) is 38.1 Å². The molecule has 1 N–H and O–H groups in total. The summed E-state index contributed by atoms with van der Waals surface area (Å²) in [5.74, 6) is 0.547. The van der Waals surface area contributed by atoms with Crippen LogP contribution in [0.25, 0.3) is 15.9 Å². The minimum atomic E-state index is -0.388. The van der Waals surface area contributed by atoms with E-state index in [-0.39, 0.29) is 29.6 Å². The number of nitrogens with one attached hydrogen (secondary N) is 1. The van der Waals surface area contributed by atoms with E-state index >= 15 is 0 Å². The van der Waals surface area contributed by atoms with Gasteiger partial charge in [0.1, 0.15) is 10.5 Å². The standard InChI is InChI=1S/C24H22FN3O4S2/c1-14-11-16(25)7-8-18(14)28-23(30)22-17(9-10-33-22)27-24(28)34-13-20(29)26-12-15-5-4-6-19(31-2)21(15)32-3/h4-11H,12-13H2,1-3H3,(H,26,29). The van der Waals surface area contributed by atoms with Gasteiger partial charge in [-0.1, -0.05) is 23.9 Å². The third kappa shape index (κ3) is 4.78. The number of benzene rings is 2. The summed E-state index contributed by atoms with van der Waals surface area (Å²) in [6.45, 7) is 1.98. The Labute approximate surface area is 203 Å². The van der Waals surface area contributed by atoms with Crippen LogP contribution in [-0.4, -0.2) is 35.4 Å². The minimum absolute atomic E-state index is 0.0363. The van der Waals surface area contributed by atoms with E-state index < -0.39 is 0 Å². The number of para-hydroxylation sites is 1. The first-order chi connectivity index (χ1) is 16.4. The van der Waals surface area contributed by atoms with Crippen molar-refractivity contribution in [3.63, 3.8) is 0 Å². The van der Waals surface area contributed by atoms with Crippen LogP contribution in [0.15, 0.2) is 57.8 Å². The Hall–Kier alpha value is -3.37. The van der Waals surface area contributed by atoms with Crippen molar-refractivity contribution in [2.75, 3.05) is 20.0 Å². The number of hydrogen-bond donors (Lipinski definition) is 1. The van der Waals surface area contributed by atoms with E-state index in [0.717, 1.165) is 17.3 Å². The summed E-state index contributed by atoms with van der Waals surface area (Å²) >= 11 is 2.44. The Bertz CT molecular complexity index is 1420. The number of aryl methyl sites for hydroxylation is 1. The molecular weight excluding hydrogens is 477 g/mol. The number of rotatable bonds is 8. The quantitative estimate of drug-likeness (QED) is 0.287. The van der Waals surface area contributed by atoms with Gasteiger partial charge in [-0.2, -0.15) is 0 Å². The lowest BCUT2D eigenvalue weighted by molar-refractivity contribution is -0.118. The van der Waals surface area contributed by atoms with Gasteiger partial charge in [0.25, 0.3) is 5.56 Å². The maximum atomic E-state index is 13.7. The Balaban J connectivity index is 1.57. The molecule has 0 saturated carbocycles. The van der Waals surface area contributed by atoms with Gasteiger partial charge in [0, 0.05) is 12.1 Å². The number of nitrogens with zero attached hydrogens (tertiary/aromatic N) is 2. The van der Waals surface area contributed by atoms with E-state index in [2.05, 4.69) is 10.3 Å². The van der Waals surface area contributed by atoms with Gasteiger partial charge in [0.15, 0.2) is 16.7 Å². The molecule has 0 radical (unpaired) electrons. The topological polar surface area (TPSA) is 82.5 Å². The molecule has 0 aliphatic heterocycles. The van der Waals surface area contributed by atoms with Gasteiger partial charge in [-0.25, -0.2) is 9.37 Å². The van der Waals surface area contributed by atoms with Crippen LogP contribution in [0.4, 0.5) is 4.39 Å². The third-order valence-corrected chi connectivity index (χ3v) is 6.97. The van der Waals surface area contributed by atoms with Crippen LogP contribution in [0.1, 0.15) is 11.1 Å². The highest BCUT2D eigenvalue weighted by Gasteiger charge is 2.18. The predicted octanol–water partition coefficient (Wildman–Crippen LogP) is 4.32. The smallest absolute Gasteiger partial charge is 0.276 e. The normalized spacial score (nSPS) is 10.9. The molecule has 2 heterocycles. The number of ether oxygens (including phenoxy) is 2. The number of aromatic nitrogens is 2. The number of thiophene rings is 1. The summed E-state index contributed by atoms with van der Waals surface area (Å²) in [6.07, 6.45) is 0. The van der Waals surface area contributed by atoms with Crippen LogP contribution in [-0.2, 0) is 11.3 Å². The molecule has 4 aromatic rings. The Morgan fingerprint density at radius 3 is 2.76 bits per heavy atom. The van der Waals surface area contributed by atoms with Gasteiger partial charge in [0.05, 0.1) is 31.2 Å². The fourth-order valence-corrected chi connectivity index (χ4v) is 5.13. The number of carbonyl (C=O) groups excluding carboxylic acids is 1. The molecule has 2 aromatic carbocycles. The van der Waals surface area contributed by atoms with Gasteiger partial charge in [-0.05, 0) is 48.2 Å². The predicted molar refractivity (Wildman–Crippen MR) is 132 cm³/mol. The van der Waals surface area contributed by atoms with Crippen molar-refractivity contribution in [2.24, 2.45) is 0 Å². The van der Waals surface area contributed by atoms with E-state index in [4.69, 9.17) is 9.47 Å². The van der Waals surface area contributed by atoms with Crippen molar-refractivity contribution in [2.45, 2.75) is 18.6 Å². The first-order valence-electron chi connectivity index (χ1n) is 10.3. The van der Waals surface area contributed by atoms with Gasteiger partial charge in [-0.3, -0.25) is 14.2 Å². The number of halogens is 1. The van der Waals surface area contributed by atoms with Gasteiger partial charge >= 0.3 is 0 Å². The number of methoxy groups -OCH3 is 2. The third-order valence-electron chi connectivity index (χ3n) is 5.14. The van der Waals surface area contributed by atoms with Crippen molar-refractivity contribution >= 4 is 39.2 Å². The van der Waals surface area contributed by atoms with Crippen molar-refractivity contribution in [1.29, 1.82) is 0 Å². The number of fused-ring (bicyclic) bond motifs is 1. The highest BCUT2D eigenvalue weighted by Crippen LogP contribution is 2.30. The Morgan fingerprint density at radius 2 is 2.03 bits per heavy atom. The minimum Gasteiger partial charge on any atom is -0.493 e. The Kier molecular flexibility index (Phi) is 7.18. The molecular formula is C24H22FN3O4S2. The molecule has 0 aliphatic carbocycles. The number of amides is 1. The molecule has 0 aliphatic rings. The summed E-state index contributed by atoms with van der Waals surface area (Å²) in [6, 6.07) is 11.4. The average molecular weight is 500 g/mol. The molecule has 176 valence electrons. The highest BCUT2D eigenvalue weighted by atomic mass is 32.2. The van der Waals surface area contributed by atoms with Crippen molar-refractivity contribution < 1.29 is 18.7 Å². The highest BCUT2D eigenvalue weighted by molar-refractivity contribution is 7.99. The van der Waals surface area contributed by atoms with Gasteiger partial charge < -0.3 is 14.8 Å². The summed E-state index contributed by atoms with van der Waals surface area (Å²) < 4.78 is 26.3. The molecule has 34 heavy (non-hydrogen) atoms. The van der Waals surface area contributed by atoms with Crippen molar-refractivity contribution in [1.82, 2.24) is 14.9 Å². The molecule has 4 rings (SSSR count). The zero-order chi connectivity index (χ0) is 24.2.